The number of esters is 2. The van der Waals surface area contributed by atoms with Crippen molar-refractivity contribution < 1.29 is 32.2 Å². The fourth-order valence-corrected chi connectivity index (χ4v) is 4.06. The molecule has 1 aromatic heterocycles. The first kappa shape index (κ1) is 15.8. The molecule has 0 N–H and O–H groups in total. The highest BCUT2D eigenvalue weighted by Crippen LogP contribution is 2.81. The van der Waals surface area contributed by atoms with E-state index in [2.05, 4.69) is 4.98 Å². The second kappa shape index (κ2) is 4.69. The van der Waals surface area contributed by atoms with E-state index < -0.39 is 40.6 Å². The number of ether oxygens (including phenoxy) is 2. The van der Waals surface area contributed by atoms with Crippen molar-refractivity contribution in [1.29, 1.82) is 0 Å². The summed E-state index contributed by atoms with van der Waals surface area (Å²) in [5, 5.41) is 0. The number of hydrogen-bond acceptors (Lipinski definition) is 5. The van der Waals surface area contributed by atoms with Crippen LogP contribution >= 0.6 is 0 Å². The molecule has 0 spiro atoms. The maximum atomic E-state index is 12.6. The second-order valence-electron chi connectivity index (χ2n) is 6.06. The third-order valence-corrected chi connectivity index (χ3v) is 4.96. The molecule has 0 aliphatic heterocycles. The Hall–Kier alpha value is -2.12. The summed E-state index contributed by atoms with van der Waals surface area (Å²) in [5.74, 6) is -1.49. The molecule has 0 aromatic carbocycles. The average Bonchev–Trinajstić information content (AvgIpc) is 2.44. The summed E-state index contributed by atoms with van der Waals surface area (Å²) in [5.41, 5.74) is -2.35. The van der Waals surface area contributed by atoms with Gasteiger partial charge in [-0.1, -0.05) is 6.07 Å². The molecule has 3 saturated carbocycles. The van der Waals surface area contributed by atoms with Crippen LogP contribution in [0.5, 0.6) is 0 Å². The van der Waals surface area contributed by atoms with E-state index in [1.807, 2.05) is 0 Å². The van der Waals surface area contributed by atoms with Crippen molar-refractivity contribution in [1.82, 2.24) is 4.98 Å². The Morgan fingerprint density at radius 1 is 1.13 bits per heavy atom. The van der Waals surface area contributed by atoms with Gasteiger partial charge in [0, 0.05) is 12.1 Å². The molecule has 0 saturated heterocycles. The molecule has 23 heavy (non-hydrogen) atoms. The molecule has 1 heterocycles. The lowest BCUT2D eigenvalue weighted by Gasteiger charge is -2.72. The molecule has 8 heteroatoms. The number of halogens is 3. The number of aromatic nitrogens is 1. The van der Waals surface area contributed by atoms with Crippen molar-refractivity contribution in [3.63, 3.8) is 0 Å². The van der Waals surface area contributed by atoms with Gasteiger partial charge in [-0.25, -0.2) is 0 Å². The van der Waals surface area contributed by atoms with Gasteiger partial charge in [-0.15, -0.1) is 0 Å². The van der Waals surface area contributed by atoms with Crippen LogP contribution in [0, 0.1) is 10.8 Å². The normalized spacial score (nSPS) is 31.6. The van der Waals surface area contributed by atoms with Gasteiger partial charge in [0.15, 0.2) is 0 Å². The van der Waals surface area contributed by atoms with E-state index in [1.165, 1.54) is 20.3 Å². The van der Waals surface area contributed by atoms with Crippen LogP contribution in [0.1, 0.15) is 30.0 Å². The zero-order valence-corrected chi connectivity index (χ0v) is 12.4. The van der Waals surface area contributed by atoms with Gasteiger partial charge in [-0.3, -0.25) is 14.6 Å². The SMILES string of the molecule is COC(=O)C12CC(C(=O)OC)(C1)C2c1ccc(C(F)(F)F)nc1. The van der Waals surface area contributed by atoms with Crippen LogP contribution in [0.25, 0.3) is 0 Å². The zero-order valence-electron chi connectivity index (χ0n) is 12.4. The number of alkyl halides is 3. The standard InChI is InChI=1S/C15H14F3NO4/c1-22-11(20)13-6-14(7-13,12(21)23-2)10(13)8-3-4-9(19-5-8)15(16,17)18/h3-5,10H,6-7H2,1-2H3. The van der Waals surface area contributed by atoms with E-state index >= 15 is 0 Å². The van der Waals surface area contributed by atoms with Crippen LogP contribution in [0.2, 0.25) is 0 Å². The number of carbonyl (C=O) groups is 2. The molecule has 5 nitrogen and oxygen atoms in total. The van der Waals surface area contributed by atoms with E-state index in [4.69, 9.17) is 9.47 Å². The molecular formula is C15H14F3NO4. The lowest BCUT2D eigenvalue weighted by molar-refractivity contribution is -0.249. The van der Waals surface area contributed by atoms with E-state index in [0.29, 0.717) is 5.56 Å². The molecule has 2 bridgehead atoms. The smallest absolute Gasteiger partial charge is 0.433 e. The molecule has 1 aromatic rings. The van der Waals surface area contributed by atoms with Gasteiger partial charge in [0.25, 0.3) is 0 Å². The zero-order chi connectivity index (χ0) is 17.0. The molecule has 0 amide bonds. The summed E-state index contributed by atoms with van der Waals surface area (Å²) in [6.07, 6.45) is -2.90. The molecule has 0 radical (unpaired) electrons. The molecular weight excluding hydrogens is 315 g/mol. The van der Waals surface area contributed by atoms with Crippen LogP contribution in [0.4, 0.5) is 13.2 Å². The molecule has 3 aliphatic rings. The summed E-state index contributed by atoms with van der Waals surface area (Å²) < 4.78 is 47.4. The number of rotatable bonds is 3. The largest absolute Gasteiger partial charge is 0.469 e. The molecule has 0 unspecified atom stereocenters. The maximum absolute atomic E-state index is 12.6. The summed E-state index contributed by atoms with van der Waals surface area (Å²) in [4.78, 5) is 27.5. The van der Waals surface area contributed by atoms with E-state index in [-0.39, 0.29) is 12.8 Å². The second-order valence-corrected chi connectivity index (χ2v) is 6.06. The van der Waals surface area contributed by atoms with Gasteiger partial charge in [-0.2, -0.15) is 13.2 Å². The van der Waals surface area contributed by atoms with Gasteiger partial charge in [0.1, 0.15) is 5.69 Å². The number of nitrogens with zero attached hydrogens (tertiary/aromatic N) is 1. The number of methoxy groups -OCH3 is 2. The van der Waals surface area contributed by atoms with E-state index in [0.717, 1.165) is 12.3 Å². The Morgan fingerprint density at radius 2 is 1.65 bits per heavy atom. The monoisotopic (exact) mass is 329 g/mol. The van der Waals surface area contributed by atoms with Crippen LogP contribution < -0.4 is 0 Å². The molecule has 3 fully saturated rings. The van der Waals surface area contributed by atoms with Crippen LogP contribution in [0.15, 0.2) is 18.3 Å². The first-order valence-corrected chi connectivity index (χ1v) is 6.91. The highest BCUT2D eigenvalue weighted by molar-refractivity contribution is 5.94. The number of hydrogen-bond donors (Lipinski definition) is 0. The number of pyridine rings is 1. The van der Waals surface area contributed by atoms with Gasteiger partial charge >= 0.3 is 18.1 Å². The van der Waals surface area contributed by atoms with Gasteiger partial charge in [0.05, 0.1) is 25.0 Å². The molecule has 124 valence electrons. The van der Waals surface area contributed by atoms with E-state index in [1.54, 1.807) is 0 Å². The highest BCUT2D eigenvalue weighted by atomic mass is 19.4. The Morgan fingerprint density at radius 3 is 2.00 bits per heavy atom. The Bertz CT molecular complexity index is 634. The van der Waals surface area contributed by atoms with Crippen molar-refractivity contribution in [3.8, 4) is 0 Å². The average molecular weight is 329 g/mol. The third-order valence-electron chi connectivity index (χ3n) is 4.96. The third kappa shape index (κ3) is 1.90. The lowest BCUT2D eigenvalue weighted by Crippen LogP contribution is -2.74. The Labute approximate surface area is 129 Å². The number of carbonyl (C=O) groups excluding carboxylic acids is 2. The van der Waals surface area contributed by atoms with Gasteiger partial charge in [0.2, 0.25) is 0 Å². The Balaban J connectivity index is 1.95. The predicted octanol–water partition coefficient (Wildman–Crippen LogP) is 2.31. The van der Waals surface area contributed by atoms with Crippen molar-refractivity contribution in [3.05, 3.63) is 29.6 Å². The van der Waals surface area contributed by atoms with Crippen LogP contribution in [-0.4, -0.2) is 31.1 Å². The summed E-state index contributed by atoms with van der Waals surface area (Å²) in [6.45, 7) is 0. The van der Waals surface area contributed by atoms with Crippen molar-refractivity contribution in [2.75, 3.05) is 14.2 Å². The van der Waals surface area contributed by atoms with Crippen LogP contribution in [0.3, 0.4) is 0 Å². The summed E-state index contributed by atoms with van der Waals surface area (Å²) >= 11 is 0. The van der Waals surface area contributed by atoms with Gasteiger partial charge < -0.3 is 9.47 Å². The summed E-state index contributed by atoms with van der Waals surface area (Å²) in [6, 6.07) is 2.11. The minimum absolute atomic E-state index is 0.283. The predicted molar refractivity (Wildman–Crippen MR) is 70.1 cm³/mol. The van der Waals surface area contributed by atoms with Crippen molar-refractivity contribution in [2.45, 2.75) is 24.9 Å². The first-order chi connectivity index (χ1) is 10.7. The van der Waals surface area contributed by atoms with Gasteiger partial charge in [-0.05, 0) is 24.5 Å². The first-order valence-electron chi connectivity index (χ1n) is 6.91. The minimum atomic E-state index is -4.54. The van der Waals surface area contributed by atoms with Crippen molar-refractivity contribution >= 4 is 11.9 Å². The van der Waals surface area contributed by atoms with Crippen LogP contribution in [-0.2, 0) is 25.2 Å². The lowest BCUT2D eigenvalue weighted by atomic mass is 9.28. The molecule has 3 aliphatic carbocycles. The Kier molecular flexibility index (Phi) is 3.21. The van der Waals surface area contributed by atoms with E-state index in [9.17, 15) is 22.8 Å². The molecule has 0 atom stereocenters. The fourth-order valence-electron chi connectivity index (χ4n) is 4.06. The topological polar surface area (TPSA) is 65.5 Å². The maximum Gasteiger partial charge on any atom is 0.433 e. The molecule has 4 rings (SSSR count). The quantitative estimate of drug-likeness (QED) is 0.796. The van der Waals surface area contributed by atoms with Crippen molar-refractivity contribution in [2.24, 2.45) is 10.8 Å². The minimum Gasteiger partial charge on any atom is -0.469 e. The fraction of sp³-hybridized carbons (Fsp3) is 0.533. The highest BCUT2D eigenvalue weighted by Gasteiger charge is 2.83. The summed E-state index contributed by atoms with van der Waals surface area (Å²) in [7, 11) is 2.49.